The molecule has 0 bridgehead atoms. The van der Waals surface area contributed by atoms with Gasteiger partial charge in [0.2, 0.25) is 5.95 Å². The SMILES string of the molecule is CCn1c(S[C@@H](C)c2nc3ccccc3c(=O)[nH]2)nnc1N1CCOCC1. The van der Waals surface area contributed by atoms with Gasteiger partial charge in [-0.2, -0.15) is 0 Å². The molecular weight excluding hydrogens is 364 g/mol. The van der Waals surface area contributed by atoms with E-state index in [1.165, 1.54) is 0 Å². The summed E-state index contributed by atoms with van der Waals surface area (Å²) in [5, 5.41) is 10.1. The van der Waals surface area contributed by atoms with Crippen LogP contribution in [0.1, 0.15) is 24.9 Å². The standard InChI is InChI=1S/C18H22N6O2S/c1-3-24-17(23-8-10-26-11-9-23)21-22-18(24)27-12(2)15-19-14-7-5-4-6-13(14)16(25)20-15/h4-7,12H,3,8-11H2,1-2H3,(H,19,20,25)/t12-/m0/s1. The number of ether oxygens (including phenoxy) is 1. The first kappa shape index (κ1) is 18.0. The highest BCUT2D eigenvalue weighted by Crippen LogP contribution is 2.33. The molecular formula is C18H22N6O2S. The number of morpholine rings is 1. The number of para-hydroxylation sites is 1. The molecule has 27 heavy (non-hydrogen) atoms. The van der Waals surface area contributed by atoms with Gasteiger partial charge >= 0.3 is 0 Å². The third kappa shape index (κ3) is 3.57. The van der Waals surface area contributed by atoms with Crippen molar-refractivity contribution in [3.63, 3.8) is 0 Å². The fourth-order valence-corrected chi connectivity index (χ4v) is 4.12. The van der Waals surface area contributed by atoms with Gasteiger partial charge in [-0.25, -0.2) is 4.98 Å². The largest absolute Gasteiger partial charge is 0.378 e. The number of fused-ring (bicyclic) bond motifs is 1. The Labute approximate surface area is 161 Å². The van der Waals surface area contributed by atoms with Crippen molar-refractivity contribution < 1.29 is 4.74 Å². The zero-order valence-corrected chi connectivity index (χ0v) is 16.2. The number of nitrogens with zero attached hydrogens (tertiary/aromatic N) is 5. The summed E-state index contributed by atoms with van der Waals surface area (Å²) in [6.07, 6.45) is 0. The lowest BCUT2D eigenvalue weighted by Gasteiger charge is -2.27. The molecule has 0 saturated carbocycles. The summed E-state index contributed by atoms with van der Waals surface area (Å²) in [5.74, 6) is 1.51. The second-order valence-electron chi connectivity index (χ2n) is 6.35. The van der Waals surface area contributed by atoms with Crippen LogP contribution in [0, 0.1) is 0 Å². The normalized spacial score (nSPS) is 16.0. The summed E-state index contributed by atoms with van der Waals surface area (Å²) in [4.78, 5) is 22.1. The van der Waals surface area contributed by atoms with E-state index in [1.807, 2.05) is 25.1 Å². The van der Waals surface area contributed by atoms with E-state index < -0.39 is 0 Å². The number of hydrogen-bond donors (Lipinski definition) is 1. The molecule has 1 atom stereocenters. The fourth-order valence-electron chi connectivity index (χ4n) is 3.15. The predicted molar refractivity (Wildman–Crippen MR) is 105 cm³/mol. The van der Waals surface area contributed by atoms with Crippen molar-refractivity contribution >= 4 is 28.6 Å². The zero-order valence-electron chi connectivity index (χ0n) is 15.4. The Hall–Kier alpha value is -2.39. The first-order valence-electron chi connectivity index (χ1n) is 9.09. The molecule has 1 aliphatic rings. The smallest absolute Gasteiger partial charge is 0.258 e. The molecule has 1 N–H and O–H groups in total. The molecule has 4 rings (SSSR count). The van der Waals surface area contributed by atoms with Crippen molar-refractivity contribution in [3.8, 4) is 0 Å². The van der Waals surface area contributed by atoms with Crippen LogP contribution in [-0.4, -0.2) is 51.0 Å². The predicted octanol–water partition coefficient (Wildman–Crippen LogP) is 2.22. The molecule has 8 nitrogen and oxygen atoms in total. The summed E-state index contributed by atoms with van der Waals surface area (Å²) in [6.45, 7) is 7.92. The Morgan fingerprint density at radius 3 is 2.81 bits per heavy atom. The van der Waals surface area contributed by atoms with Crippen LogP contribution < -0.4 is 10.5 Å². The molecule has 0 unspecified atom stereocenters. The van der Waals surface area contributed by atoms with Gasteiger partial charge in [0.1, 0.15) is 5.82 Å². The summed E-state index contributed by atoms with van der Waals surface area (Å²) in [6, 6.07) is 7.37. The molecule has 1 saturated heterocycles. The minimum absolute atomic E-state index is 0.0608. The third-order valence-corrected chi connectivity index (χ3v) is 5.70. The summed E-state index contributed by atoms with van der Waals surface area (Å²) in [7, 11) is 0. The second-order valence-corrected chi connectivity index (χ2v) is 7.66. The molecule has 1 aliphatic heterocycles. The van der Waals surface area contributed by atoms with Crippen molar-refractivity contribution in [2.45, 2.75) is 30.8 Å². The lowest BCUT2D eigenvalue weighted by molar-refractivity contribution is 0.121. The van der Waals surface area contributed by atoms with Crippen molar-refractivity contribution in [2.24, 2.45) is 0 Å². The number of hydrogen-bond acceptors (Lipinski definition) is 7. The number of nitrogens with one attached hydrogen (secondary N) is 1. The Bertz CT molecular complexity index is 995. The molecule has 3 aromatic rings. The van der Waals surface area contributed by atoms with Crippen molar-refractivity contribution in [1.29, 1.82) is 0 Å². The third-order valence-electron chi connectivity index (χ3n) is 4.61. The molecule has 0 amide bonds. The van der Waals surface area contributed by atoms with Crippen LogP contribution in [0.3, 0.4) is 0 Å². The molecule has 3 heterocycles. The Morgan fingerprint density at radius 1 is 1.26 bits per heavy atom. The monoisotopic (exact) mass is 386 g/mol. The quantitative estimate of drug-likeness (QED) is 0.673. The van der Waals surface area contributed by atoms with Gasteiger partial charge in [-0.1, -0.05) is 23.9 Å². The average molecular weight is 386 g/mol. The minimum Gasteiger partial charge on any atom is -0.378 e. The first-order valence-corrected chi connectivity index (χ1v) is 9.97. The number of aromatic amines is 1. The number of rotatable bonds is 5. The van der Waals surface area contributed by atoms with Gasteiger partial charge in [0.15, 0.2) is 5.16 Å². The van der Waals surface area contributed by atoms with E-state index in [0.717, 1.165) is 30.7 Å². The summed E-state index contributed by atoms with van der Waals surface area (Å²) in [5.41, 5.74) is 0.587. The van der Waals surface area contributed by atoms with Gasteiger partial charge in [0, 0.05) is 19.6 Å². The van der Waals surface area contributed by atoms with Crippen LogP contribution >= 0.6 is 11.8 Å². The number of thioether (sulfide) groups is 1. The van der Waals surface area contributed by atoms with Gasteiger partial charge in [-0.15, -0.1) is 10.2 Å². The molecule has 9 heteroatoms. The van der Waals surface area contributed by atoms with E-state index >= 15 is 0 Å². The van der Waals surface area contributed by atoms with Gasteiger partial charge < -0.3 is 14.6 Å². The Morgan fingerprint density at radius 2 is 2.04 bits per heavy atom. The number of H-pyrrole nitrogens is 1. The fraction of sp³-hybridized carbons (Fsp3) is 0.444. The van der Waals surface area contributed by atoms with Crippen LogP contribution in [0.25, 0.3) is 10.9 Å². The van der Waals surface area contributed by atoms with Gasteiger partial charge in [-0.3, -0.25) is 9.36 Å². The van der Waals surface area contributed by atoms with Gasteiger partial charge in [-0.05, 0) is 26.0 Å². The second kappa shape index (κ2) is 7.69. The van der Waals surface area contributed by atoms with E-state index in [9.17, 15) is 4.79 Å². The van der Waals surface area contributed by atoms with Crippen LogP contribution in [0.15, 0.2) is 34.2 Å². The molecule has 142 valence electrons. The highest BCUT2D eigenvalue weighted by molar-refractivity contribution is 7.99. The van der Waals surface area contributed by atoms with E-state index in [2.05, 4.69) is 36.6 Å². The molecule has 1 aromatic carbocycles. The van der Waals surface area contributed by atoms with Crippen molar-refractivity contribution in [2.75, 3.05) is 31.2 Å². The molecule has 2 aromatic heterocycles. The average Bonchev–Trinajstić information content (AvgIpc) is 3.11. The molecule has 0 aliphatic carbocycles. The van der Waals surface area contributed by atoms with Gasteiger partial charge in [0.05, 0.1) is 29.4 Å². The number of aromatic nitrogens is 5. The maximum atomic E-state index is 12.3. The maximum absolute atomic E-state index is 12.3. The molecule has 1 fully saturated rings. The first-order chi connectivity index (χ1) is 13.2. The maximum Gasteiger partial charge on any atom is 0.258 e. The van der Waals surface area contributed by atoms with E-state index in [4.69, 9.17) is 4.74 Å². The van der Waals surface area contributed by atoms with Crippen molar-refractivity contribution in [1.82, 2.24) is 24.7 Å². The zero-order chi connectivity index (χ0) is 18.8. The molecule has 0 spiro atoms. The van der Waals surface area contributed by atoms with Crippen LogP contribution in [0.5, 0.6) is 0 Å². The van der Waals surface area contributed by atoms with E-state index in [-0.39, 0.29) is 10.8 Å². The van der Waals surface area contributed by atoms with Crippen LogP contribution in [0.2, 0.25) is 0 Å². The molecule has 0 radical (unpaired) electrons. The van der Waals surface area contributed by atoms with E-state index in [0.29, 0.717) is 29.9 Å². The van der Waals surface area contributed by atoms with Gasteiger partial charge in [0.25, 0.3) is 5.56 Å². The lowest BCUT2D eigenvalue weighted by atomic mass is 10.2. The van der Waals surface area contributed by atoms with Crippen molar-refractivity contribution in [3.05, 3.63) is 40.4 Å². The Kier molecular flexibility index (Phi) is 5.13. The highest BCUT2D eigenvalue weighted by Gasteiger charge is 2.22. The Balaban J connectivity index is 1.60. The summed E-state index contributed by atoms with van der Waals surface area (Å²) < 4.78 is 7.53. The number of benzene rings is 1. The van der Waals surface area contributed by atoms with Crippen LogP contribution in [-0.2, 0) is 11.3 Å². The summed E-state index contributed by atoms with van der Waals surface area (Å²) >= 11 is 1.55. The topological polar surface area (TPSA) is 88.9 Å². The number of anilines is 1. The van der Waals surface area contributed by atoms with E-state index in [1.54, 1.807) is 17.8 Å². The highest BCUT2D eigenvalue weighted by atomic mass is 32.2. The van der Waals surface area contributed by atoms with Crippen LogP contribution in [0.4, 0.5) is 5.95 Å². The minimum atomic E-state index is -0.117. The lowest BCUT2D eigenvalue weighted by Crippen LogP contribution is -2.38.